The minimum atomic E-state index is 0.193. The molecule has 1 heterocycles. The van der Waals surface area contributed by atoms with Crippen LogP contribution in [0.4, 0.5) is 0 Å². The molecule has 1 atom stereocenters. The fourth-order valence-corrected chi connectivity index (χ4v) is 4.99. The summed E-state index contributed by atoms with van der Waals surface area (Å²) in [6.45, 7) is 9.88. The Morgan fingerprint density at radius 2 is 1.88 bits per heavy atom. The predicted octanol–water partition coefficient (Wildman–Crippen LogP) is 6.44. The van der Waals surface area contributed by atoms with E-state index in [0.717, 1.165) is 37.1 Å². The van der Waals surface area contributed by atoms with E-state index < -0.39 is 0 Å². The maximum Gasteiger partial charge on any atom is 0.184 e. The van der Waals surface area contributed by atoms with E-state index in [1.807, 2.05) is 18.2 Å². The Morgan fingerprint density at radius 3 is 2.62 bits per heavy atom. The molecule has 0 amide bonds. The van der Waals surface area contributed by atoms with Crippen molar-refractivity contribution in [1.29, 1.82) is 5.41 Å². The van der Waals surface area contributed by atoms with Gasteiger partial charge < -0.3 is 9.47 Å². The summed E-state index contributed by atoms with van der Waals surface area (Å²) < 4.78 is 11.8. The minimum absolute atomic E-state index is 0.193. The van der Waals surface area contributed by atoms with Gasteiger partial charge in [-0.25, -0.2) is 0 Å². The molecular weight excluding hydrogens is 420 g/mol. The third-order valence-corrected chi connectivity index (χ3v) is 6.71. The van der Waals surface area contributed by atoms with Crippen LogP contribution in [0, 0.1) is 19.3 Å². The highest BCUT2D eigenvalue weighted by Crippen LogP contribution is 2.39. The van der Waals surface area contributed by atoms with Crippen LogP contribution >= 0.6 is 0 Å². The number of aryl methyl sites for hydroxylation is 3. The van der Waals surface area contributed by atoms with E-state index in [9.17, 15) is 0 Å². The predicted molar refractivity (Wildman–Crippen MR) is 140 cm³/mol. The molecule has 1 N–H and O–H groups in total. The van der Waals surface area contributed by atoms with Gasteiger partial charge in [-0.2, -0.15) is 0 Å². The van der Waals surface area contributed by atoms with Gasteiger partial charge in [-0.1, -0.05) is 48.9 Å². The standard InChI is InChI=1S/C30H36N2O2/c1-6-24-18-25-12-14-32(5)30(27-11-10-20(2)16-21(27)3)28(25)19-29(24)33-15-13-23-8-7-9-26(17-23)34-22(4)31/h7-11,16-19,30-31H,6,12-15H2,1-5H3. The Kier molecular flexibility index (Phi) is 7.38. The zero-order valence-corrected chi connectivity index (χ0v) is 21.1. The van der Waals surface area contributed by atoms with Gasteiger partial charge in [-0.3, -0.25) is 10.3 Å². The lowest BCUT2D eigenvalue weighted by molar-refractivity contribution is 0.261. The highest BCUT2D eigenvalue weighted by Gasteiger charge is 2.28. The molecule has 0 saturated carbocycles. The quantitative estimate of drug-likeness (QED) is 0.329. The van der Waals surface area contributed by atoms with E-state index in [-0.39, 0.29) is 11.9 Å². The Labute approximate surface area is 204 Å². The molecule has 34 heavy (non-hydrogen) atoms. The number of rotatable bonds is 7. The second-order valence-electron chi connectivity index (χ2n) is 9.41. The molecule has 1 aliphatic rings. The Morgan fingerprint density at radius 1 is 1.06 bits per heavy atom. The zero-order chi connectivity index (χ0) is 24.2. The van der Waals surface area contributed by atoms with Gasteiger partial charge in [0, 0.05) is 19.9 Å². The van der Waals surface area contributed by atoms with E-state index in [0.29, 0.717) is 12.4 Å². The van der Waals surface area contributed by atoms with Gasteiger partial charge in [0.05, 0.1) is 12.6 Å². The molecule has 0 fully saturated rings. The number of ether oxygens (including phenoxy) is 2. The van der Waals surface area contributed by atoms with Crippen molar-refractivity contribution in [2.75, 3.05) is 20.2 Å². The van der Waals surface area contributed by atoms with Gasteiger partial charge in [0.25, 0.3) is 0 Å². The van der Waals surface area contributed by atoms with Crippen LogP contribution in [0.15, 0.2) is 54.6 Å². The molecule has 0 bridgehead atoms. The number of nitrogens with one attached hydrogen (secondary N) is 1. The first kappa shape index (κ1) is 24.0. The van der Waals surface area contributed by atoms with Crippen molar-refractivity contribution in [2.45, 2.75) is 53.0 Å². The summed E-state index contributed by atoms with van der Waals surface area (Å²) in [6.07, 6.45) is 2.81. The smallest absolute Gasteiger partial charge is 0.184 e. The summed E-state index contributed by atoms with van der Waals surface area (Å²) >= 11 is 0. The van der Waals surface area contributed by atoms with Crippen LogP contribution in [0.5, 0.6) is 11.5 Å². The first-order valence-corrected chi connectivity index (χ1v) is 12.2. The number of likely N-dealkylation sites (N-methyl/N-ethyl adjacent to an activating group) is 1. The van der Waals surface area contributed by atoms with Gasteiger partial charge in [0.1, 0.15) is 11.5 Å². The summed E-state index contributed by atoms with van der Waals surface area (Å²) in [6, 6.07) is 19.6. The highest BCUT2D eigenvalue weighted by atomic mass is 16.5. The molecule has 4 rings (SSSR count). The average molecular weight is 457 g/mol. The molecule has 4 heteroatoms. The zero-order valence-electron chi connectivity index (χ0n) is 21.1. The van der Waals surface area contributed by atoms with Gasteiger partial charge in [0.2, 0.25) is 0 Å². The van der Waals surface area contributed by atoms with Crippen LogP contribution in [0.25, 0.3) is 0 Å². The van der Waals surface area contributed by atoms with Crippen LogP contribution in [0.3, 0.4) is 0 Å². The van der Waals surface area contributed by atoms with Crippen LogP contribution in [0.2, 0.25) is 0 Å². The van der Waals surface area contributed by atoms with Crippen LogP contribution in [-0.4, -0.2) is 31.0 Å². The summed E-state index contributed by atoms with van der Waals surface area (Å²) in [5, 5.41) is 7.54. The Bertz CT molecular complexity index is 1180. The van der Waals surface area contributed by atoms with Crippen molar-refractivity contribution in [3.8, 4) is 11.5 Å². The second kappa shape index (κ2) is 10.4. The van der Waals surface area contributed by atoms with E-state index in [2.05, 4.69) is 69.1 Å². The fourth-order valence-electron chi connectivity index (χ4n) is 4.99. The number of nitrogens with zero attached hydrogens (tertiary/aromatic N) is 1. The molecule has 0 spiro atoms. The van der Waals surface area contributed by atoms with Crippen molar-refractivity contribution >= 4 is 5.90 Å². The van der Waals surface area contributed by atoms with E-state index in [4.69, 9.17) is 14.9 Å². The molecule has 3 aromatic carbocycles. The lowest BCUT2D eigenvalue weighted by atomic mass is 9.85. The number of fused-ring (bicyclic) bond motifs is 1. The number of benzene rings is 3. The topological polar surface area (TPSA) is 45.6 Å². The van der Waals surface area contributed by atoms with Crippen molar-refractivity contribution < 1.29 is 9.47 Å². The van der Waals surface area contributed by atoms with Gasteiger partial charge in [-0.15, -0.1) is 0 Å². The van der Waals surface area contributed by atoms with Crippen molar-refractivity contribution in [2.24, 2.45) is 0 Å². The maximum atomic E-state index is 7.54. The third kappa shape index (κ3) is 5.34. The summed E-state index contributed by atoms with van der Waals surface area (Å²) in [5.74, 6) is 1.89. The minimum Gasteiger partial charge on any atom is -0.493 e. The monoisotopic (exact) mass is 456 g/mol. The summed E-state index contributed by atoms with van der Waals surface area (Å²) in [7, 11) is 2.23. The van der Waals surface area contributed by atoms with Crippen LogP contribution in [-0.2, 0) is 19.3 Å². The first-order valence-electron chi connectivity index (χ1n) is 12.2. The normalized spacial score (nSPS) is 15.6. The molecule has 4 nitrogen and oxygen atoms in total. The molecule has 0 saturated heterocycles. The van der Waals surface area contributed by atoms with Crippen LogP contribution < -0.4 is 9.47 Å². The molecular formula is C30H36N2O2. The summed E-state index contributed by atoms with van der Waals surface area (Å²) in [5.41, 5.74) is 9.25. The Hall–Kier alpha value is -3.11. The van der Waals surface area contributed by atoms with Crippen molar-refractivity contribution in [1.82, 2.24) is 4.90 Å². The van der Waals surface area contributed by atoms with Crippen molar-refractivity contribution in [3.63, 3.8) is 0 Å². The average Bonchev–Trinajstić information content (AvgIpc) is 2.79. The molecule has 0 radical (unpaired) electrons. The van der Waals surface area contributed by atoms with Gasteiger partial charge >= 0.3 is 0 Å². The van der Waals surface area contributed by atoms with Gasteiger partial charge in [-0.05, 0) is 85.3 Å². The summed E-state index contributed by atoms with van der Waals surface area (Å²) in [4.78, 5) is 2.46. The number of hydrogen-bond donors (Lipinski definition) is 1. The fraction of sp³-hybridized carbons (Fsp3) is 0.367. The van der Waals surface area contributed by atoms with E-state index in [1.54, 1.807) is 6.92 Å². The third-order valence-electron chi connectivity index (χ3n) is 6.71. The van der Waals surface area contributed by atoms with Crippen molar-refractivity contribution in [3.05, 3.63) is 93.5 Å². The molecule has 0 aromatic heterocycles. The van der Waals surface area contributed by atoms with Gasteiger partial charge in [0.15, 0.2) is 5.90 Å². The maximum absolute atomic E-state index is 7.54. The van der Waals surface area contributed by atoms with E-state index in [1.165, 1.54) is 33.4 Å². The largest absolute Gasteiger partial charge is 0.493 e. The van der Waals surface area contributed by atoms with E-state index >= 15 is 0 Å². The number of hydrogen-bond acceptors (Lipinski definition) is 4. The molecule has 0 aliphatic carbocycles. The molecule has 178 valence electrons. The molecule has 1 unspecified atom stereocenters. The molecule has 3 aromatic rings. The SMILES string of the molecule is CCc1cc2c(cc1OCCc1cccc(OC(C)=N)c1)C(c1ccc(C)cc1C)N(C)CC2. The lowest BCUT2D eigenvalue weighted by Gasteiger charge is -2.36. The van der Waals surface area contributed by atoms with Crippen LogP contribution in [0.1, 0.15) is 58.8 Å². The second-order valence-corrected chi connectivity index (χ2v) is 9.41. The molecule has 1 aliphatic heterocycles. The lowest BCUT2D eigenvalue weighted by Crippen LogP contribution is -2.33. The Balaban J connectivity index is 1.58. The highest BCUT2D eigenvalue weighted by molar-refractivity contribution is 5.72. The first-order chi connectivity index (χ1) is 16.4.